The Morgan fingerprint density at radius 2 is 2.25 bits per heavy atom. The van der Waals surface area contributed by atoms with Crippen LogP contribution >= 0.6 is 0 Å². The summed E-state index contributed by atoms with van der Waals surface area (Å²) in [5, 5.41) is 8.66. The zero-order valence-electron chi connectivity index (χ0n) is 9.47. The number of aromatic nitrogens is 2. The van der Waals surface area contributed by atoms with Crippen LogP contribution in [0.4, 0.5) is 5.82 Å². The van der Waals surface area contributed by atoms with E-state index in [4.69, 9.17) is 5.11 Å². The molecule has 1 N–H and O–H groups in total. The molecule has 0 aromatic carbocycles. The highest BCUT2D eigenvalue weighted by Crippen LogP contribution is 2.26. The minimum absolute atomic E-state index is 0.245. The van der Waals surface area contributed by atoms with Crippen LogP contribution in [0.15, 0.2) is 6.20 Å². The quantitative estimate of drug-likeness (QED) is 0.825. The number of hydrogen-bond acceptors (Lipinski definition) is 4. The molecular formula is C11H15N3O2. The summed E-state index contributed by atoms with van der Waals surface area (Å²) in [6.07, 6.45) is 1.99. The van der Waals surface area contributed by atoms with Gasteiger partial charge in [0.15, 0.2) is 0 Å². The Morgan fingerprint density at radius 3 is 2.88 bits per heavy atom. The average molecular weight is 221 g/mol. The molecule has 5 heteroatoms. The second-order valence-corrected chi connectivity index (χ2v) is 4.29. The lowest BCUT2D eigenvalue weighted by Crippen LogP contribution is -2.48. The summed E-state index contributed by atoms with van der Waals surface area (Å²) < 4.78 is 0. The number of carbonyl (C=O) groups is 1. The van der Waals surface area contributed by atoms with E-state index in [1.54, 1.807) is 6.20 Å². The fourth-order valence-corrected chi connectivity index (χ4v) is 1.94. The predicted octanol–water partition coefficient (Wildman–Crippen LogP) is 1.00. The van der Waals surface area contributed by atoms with Gasteiger partial charge in [-0.15, -0.1) is 0 Å². The van der Waals surface area contributed by atoms with Crippen LogP contribution in [-0.2, 0) is 4.79 Å². The minimum Gasteiger partial charge on any atom is -0.481 e. The van der Waals surface area contributed by atoms with Crippen molar-refractivity contribution in [3.05, 3.63) is 17.6 Å². The maximum atomic E-state index is 10.5. The molecule has 0 unspecified atom stereocenters. The van der Waals surface area contributed by atoms with Crippen LogP contribution in [0.3, 0.4) is 0 Å². The van der Waals surface area contributed by atoms with Crippen molar-refractivity contribution in [2.24, 2.45) is 5.92 Å². The molecule has 1 aliphatic rings. The summed E-state index contributed by atoms with van der Waals surface area (Å²) in [5.41, 5.74) is 1.79. The fourth-order valence-electron chi connectivity index (χ4n) is 1.94. The highest BCUT2D eigenvalue weighted by atomic mass is 16.4. The molecule has 0 atom stereocenters. The predicted molar refractivity (Wildman–Crippen MR) is 59.5 cm³/mol. The monoisotopic (exact) mass is 221 g/mol. The van der Waals surface area contributed by atoms with Crippen LogP contribution in [0.25, 0.3) is 0 Å². The van der Waals surface area contributed by atoms with Crippen molar-refractivity contribution in [1.29, 1.82) is 0 Å². The van der Waals surface area contributed by atoms with Crippen LogP contribution in [0, 0.1) is 19.8 Å². The third kappa shape index (κ3) is 2.13. The van der Waals surface area contributed by atoms with Gasteiger partial charge in [0.05, 0.1) is 17.8 Å². The number of carboxylic acid groups (broad SMARTS) is 1. The standard InChI is InChI=1S/C11H15N3O2/c1-7-4-12-8(2)11(13-7)14-5-9(6-14)3-10(15)16/h4,9H,3,5-6H2,1-2H3,(H,15,16). The molecule has 0 spiro atoms. The van der Waals surface area contributed by atoms with Crippen LogP contribution in [-0.4, -0.2) is 34.1 Å². The summed E-state index contributed by atoms with van der Waals surface area (Å²) in [7, 11) is 0. The molecule has 1 saturated heterocycles. The van der Waals surface area contributed by atoms with Gasteiger partial charge in [0.1, 0.15) is 5.82 Å². The smallest absolute Gasteiger partial charge is 0.303 e. The second kappa shape index (κ2) is 4.08. The minimum atomic E-state index is -0.725. The molecule has 0 saturated carbocycles. The summed E-state index contributed by atoms with van der Waals surface area (Å²) in [5.74, 6) is 0.414. The van der Waals surface area contributed by atoms with Crippen molar-refractivity contribution in [1.82, 2.24) is 9.97 Å². The molecule has 0 amide bonds. The van der Waals surface area contributed by atoms with E-state index in [-0.39, 0.29) is 12.3 Å². The van der Waals surface area contributed by atoms with E-state index in [9.17, 15) is 4.79 Å². The number of carboxylic acids is 1. The number of hydrogen-bond donors (Lipinski definition) is 1. The van der Waals surface area contributed by atoms with Gasteiger partial charge in [-0.3, -0.25) is 9.78 Å². The summed E-state index contributed by atoms with van der Waals surface area (Å²) in [4.78, 5) is 21.3. The number of anilines is 1. The van der Waals surface area contributed by atoms with Crippen molar-refractivity contribution in [2.45, 2.75) is 20.3 Å². The highest BCUT2D eigenvalue weighted by molar-refractivity contribution is 5.67. The van der Waals surface area contributed by atoms with E-state index in [0.29, 0.717) is 0 Å². The Labute approximate surface area is 94.1 Å². The third-order valence-corrected chi connectivity index (χ3v) is 2.77. The molecule has 0 aliphatic carbocycles. The van der Waals surface area contributed by atoms with E-state index < -0.39 is 5.97 Å². The summed E-state index contributed by atoms with van der Waals surface area (Å²) in [6.45, 7) is 5.37. The first-order valence-electron chi connectivity index (χ1n) is 5.33. The molecule has 0 radical (unpaired) electrons. The Balaban J connectivity index is 2.01. The molecule has 1 fully saturated rings. The van der Waals surface area contributed by atoms with Crippen molar-refractivity contribution < 1.29 is 9.90 Å². The normalized spacial score (nSPS) is 16.0. The number of aryl methyl sites for hydroxylation is 2. The Kier molecular flexibility index (Phi) is 2.77. The maximum absolute atomic E-state index is 10.5. The molecule has 2 heterocycles. The number of nitrogens with zero attached hydrogens (tertiary/aromatic N) is 3. The molecule has 16 heavy (non-hydrogen) atoms. The lowest BCUT2D eigenvalue weighted by molar-refractivity contribution is -0.138. The van der Waals surface area contributed by atoms with Gasteiger partial charge >= 0.3 is 5.97 Å². The molecule has 1 aliphatic heterocycles. The Hall–Kier alpha value is -1.65. The number of rotatable bonds is 3. The summed E-state index contributed by atoms with van der Waals surface area (Å²) >= 11 is 0. The van der Waals surface area contributed by atoms with E-state index in [1.807, 2.05) is 13.8 Å². The van der Waals surface area contributed by atoms with Crippen LogP contribution < -0.4 is 4.90 Å². The molecule has 86 valence electrons. The zero-order chi connectivity index (χ0) is 11.7. The van der Waals surface area contributed by atoms with E-state index in [1.165, 1.54) is 0 Å². The first kappa shape index (κ1) is 10.9. The van der Waals surface area contributed by atoms with E-state index >= 15 is 0 Å². The third-order valence-electron chi connectivity index (χ3n) is 2.77. The van der Waals surface area contributed by atoms with Gasteiger partial charge in [-0.05, 0) is 13.8 Å². The largest absolute Gasteiger partial charge is 0.481 e. The van der Waals surface area contributed by atoms with Gasteiger partial charge in [-0.1, -0.05) is 0 Å². The lowest BCUT2D eigenvalue weighted by atomic mass is 9.96. The molecule has 1 aromatic heterocycles. The van der Waals surface area contributed by atoms with Gasteiger partial charge in [0, 0.05) is 25.2 Å². The average Bonchev–Trinajstić information content (AvgIpc) is 2.15. The van der Waals surface area contributed by atoms with Gasteiger partial charge in [0.2, 0.25) is 0 Å². The van der Waals surface area contributed by atoms with Crippen molar-refractivity contribution in [2.75, 3.05) is 18.0 Å². The Bertz CT molecular complexity index is 414. The molecule has 0 bridgehead atoms. The zero-order valence-corrected chi connectivity index (χ0v) is 9.47. The van der Waals surface area contributed by atoms with Crippen molar-refractivity contribution in [3.63, 3.8) is 0 Å². The topological polar surface area (TPSA) is 66.3 Å². The van der Waals surface area contributed by atoms with Crippen molar-refractivity contribution in [3.8, 4) is 0 Å². The molecular weight excluding hydrogens is 206 g/mol. The van der Waals surface area contributed by atoms with Crippen molar-refractivity contribution >= 4 is 11.8 Å². The van der Waals surface area contributed by atoms with Gasteiger partial charge < -0.3 is 10.0 Å². The van der Waals surface area contributed by atoms with E-state index in [0.717, 1.165) is 30.3 Å². The fraction of sp³-hybridized carbons (Fsp3) is 0.545. The second-order valence-electron chi connectivity index (χ2n) is 4.29. The van der Waals surface area contributed by atoms with Crippen LogP contribution in [0.2, 0.25) is 0 Å². The highest BCUT2D eigenvalue weighted by Gasteiger charge is 2.30. The molecule has 5 nitrogen and oxygen atoms in total. The maximum Gasteiger partial charge on any atom is 0.303 e. The SMILES string of the molecule is Cc1cnc(C)c(N2CC(CC(=O)O)C2)n1. The van der Waals surface area contributed by atoms with E-state index in [2.05, 4.69) is 14.9 Å². The van der Waals surface area contributed by atoms with Gasteiger partial charge in [-0.2, -0.15) is 0 Å². The molecule has 1 aromatic rings. The van der Waals surface area contributed by atoms with Gasteiger partial charge in [-0.25, -0.2) is 4.98 Å². The lowest BCUT2D eigenvalue weighted by Gasteiger charge is -2.40. The Morgan fingerprint density at radius 1 is 1.56 bits per heavy atom. The van der Waals surface area contributed by atoms with Gasteiger partial charge in [0.25, 0.3) is 0 Å². The van der Waals surface area contributed by atoms with Crippen LogP contribution in [0.1, 0.15) is 17.8 Å². The molecule has 2 rings (SSSR count). The van der Waals surface area contributed by atoms with Crippen LogP contribution in [0.5, 0.6) is 0 Å². The summed E-state index contributed by atoms with van der Waals surface area (Å²) in [6, 6.07) is 0. The first-order chi connectivity index (χ1) is 7.56. The first-order valence-corrected chi connectivity index (χ1v) is 5.33. The number of aliphatic carboxylic acids is 1.